The molecule has 1 aliphatic carbocycles. The Bertz CT molecular complexity index is 1220. The molecule has 3 fully saturated rings. The molecule has 0 bridgehead atoms. The average molecular weight is 501 g/mol. The zero-order valence-corrected chi connectivity index (χ0v) is 20.3. The Labute approximate surface area is 208 Å². The van der Waals surface area contributed by atoms with Crippen molar-refractivity contribution >= 4 is 16.7 Å². The third kappa shape index (κ3) is 4.80. The molecule has 0 unspecified atom stereocenters. The van der Waals surface area contributed by atoms with E-state index in [1.807, 2.05) is 0 Å². The molecule has 7 nitrogen and oxygen atoms in total. The molecular weight excluding hydrogens is 469 g/mol. The number of hydrogen-bond acceptors (Lipinski definition) is 6. The first-order chi connectivity index (χ1) is 17.3. The van der Waals surface area contributed by atoms with Gasteiger partial charge in [-0.15, -0.1) is 10.2 Å². The molecule has 2 aromatic heterocycles. The molecule has 6 rings (SSSR count). The average Bonchev–Trinajstić information content (AvgIpc) is 3.50. The number of hydrogen-bond donors (Lipinski definition) is 1. The van der Waals surface area contributed by atoms with Gasteiger partial charge in [-0.25, -0.2) is 0 Å². The van der Waals surface area contributed by atoms with E-state index < -0.39 is 11.7 Å². The minimum Gasteiger partial charge on any atom is -0.381 e. The van der Waals surface area contributed by atoms with Crippen molar-refractivity contribution in [1.29, 1.82) is 0 Å². The number of nitrogens with one attached hydrogen (secondary N) is 1. The summed E-state index contributed by atoms with van der Waals surface area (Å²) >= 11 is 0. The first-order valence-electron chi connectivity index (χ1n) is 12.8. The van der Waals surface area contributed by atoms with Gasteiger partial charge in [-0.1, -0.05) is 6.07 Å². The summed E-state index contributed by atoms with van der Waals surface area (Å²) in [5.41, 5.74) is 0.163. The van der Waals surface area contributed by atoms with Crippen LogP contribution in [-0.2, 0) is 18.0 Å². The molecule has 10 heteroatoms. The highest BCUT2D eigenvalue weighted by molar-refractivity contribution is 5.84. The Balaban J connectivity index is 1.14. The van der Waals surface area contributed by atoms with E-state index in [4.69, 9.17) is 4.74 Å². The quantitative estimate of drug-likeness (QED) is 0.553. The van der Waals surface area contributed by atoms with Gasteiger partial charge in [0.05, 0.1) is 11.1 Å². The summed E-state index contributed by atoms with van der Waals surface area (Å²) in [5, 5.41) is 16.5. The summed E-state index contributed by atoms with van der Waals surface area (Å²) in [7, 11) is 1.78. The van der Waals surface area contributed by atoms with Crippen molar-refractivity contribution in [2.75, 3.05) is 38.2 Å². The minimum absolute atomic E-state index is 0.123. The molecule has 0 amide bonds. The zero-order valence-electron chi connectivity index (χ0n) is 20.3. The Hall–Kier alpha value is -2.72. The van der Waals surface area contributed by atoms with Gasteiger partial charge in [0.1, 0.15) is 11.5 Å². The third-order valence-corrected chi connectivity index (χ3v) is 8.03. The number of aromatic nitrogens is 4. The van der Waals surface area contributed by atoms with Crippen LogP contribution < -0.4 is 5.32 Å². The first kappa shape index (κ1) is 23.7. The van der Waals surface area contributed by atoms with Crippen LogP contribution in [-0.4, -0.2) is 63.8 Å². The maximum absolute atomic E-state index is 14.0. The van der Waals surface area contributed by atoms with E-state index in [0.29, 0.717) is 17.4 Å². The number of benzene rings is 1. The summed E-state index contributed by atoms with van der Waals surface area (Å²) in [6.07, 6.45) is 1.43. The van der Waals surface area contributed by atoms with E-state index in [9.17, 15) is 13.2 Å². The number of rotatable bonds is 5. The van der Waals surface area contributed by atoms with E-state index >= 15 is 0 Å². The van der Waals surface area contributed by atoms with Crippen LogP contribution in [0.5, 0.6) is 0 Å². The van der Waals surface area contributed by atoms with Gasteiger partial charge in [-0.2, -0.15) is 18.3 Å². The largest absolute Gasteiger partial charge is 0.418 e. The molecule has 36 heavy (non-hydrogen) atoms. The molecule has 1 aromatic carbocycles. The maximum Gasteiger partial charge on any atom is 0.418 e. The fraction of sp³-hybridized carbons (Fsp3) is 0.577. The van der Waals surface area contributed by atoms with Crippen LogP contribution in [0.15, 0.2) is 30.5 Å². The topological polar surface area (TPSA) is 68.1 Å². The number of nitrogens with zero attached hydrogens (tertiary/aromatic N) is 5. The molecular formula is C26H31F3N6O. The Kier molecular flexibility index (Phi) is 6.11. The lowest BCUT2D eigenvalue weighted by atomic mass is 10.00. The molecule has 2 atom stereocenters. The van der Waals surface area contributed by atoms with Gasteiger partial charge >= 0.3 is 6.18 Å². The lowest BCUT2D eigenvalue weighted by Gasteiger charge is -2.27. The molecule has 192 valence electrons. The second-order valence-corrected chi connectivity index (χ2v) is 10.7. The molecule has 0 spiro atoms. The monoisotopic (exact) mass is 500 g/mol. The van der Waals surface area contributed by atoms with Gasteiger partial charge < -0.3 is 15.0 Å². The molecule has 3 aliphatic rings. The van der Waals surface area contributed by atoms with E-state index in [1.54, 1.807) is 36.1 Å². The van der Waals surface area contributed by atoms with Crippen molar-refractivity contribution in [3.05, 3.63) is 36.0 Å². The molecule has 2 aliphatic heterocycles. The van der Waals surface area contributed by atoms with Gasteiger partial charge in [0.2, 0.25) is 0 Å². The van der Waals surface area contributed by atoms with Gasteiger partial charge in [-0.3, -0.25) is 4.68 Å². The number of ether oxygens (including phenoxy) is 1. The highest BCUT2D eigenvalue weighted by atomic mass is 19.4. The highest BCUT2D eigenvalue weighted by Crippen LogP contribution is 2.41. The molecule has 2 saturated heterocycles. The van der Waals surface area contributed by atoms with Crippen molar-refractivity contribution in [2.45, 2.75) is 37.9 Å². The predicted octanol–water partition coefficient (Wildman–Crippen LogP) is 4.60. The number of alkyl halides is 3. The van der Waals surface area contributed by atoms with Crippen LogP contribution in [0.4, 0.5) is 19.0 Å². The summed E-state index contributed by atoms with van der Waals surface area (Å²) in [6.45, 7) is 5.04. The van der Waals surface area contributed by atoms with E-state index in [1.165, 1.54) is 0 Å². The maximum atomic E-state index is 14.0. The van der Waals surface area contributed by atoms with Gasteiger partial charge in [-0.05, 0) is 61.6 Å². The van der Waals surface area contributed by atoms with E-state index in [-0.39, 0.29) is 17.6 Å². The lowest BCUT2D eigenvalue weighted by Crippen LogP contribution is -2.32. The fourth-order valence-corrected chi connectivity index (χ4v) is 6.36. The Morgan fingerprint density at radius 3 is 2.53 bits per heavy atom. The second-order valence-electron chi connectivity index (χ2n) is 10.7. The molecule has 0 radical (unpaired) electrons. The summed E-state index contributed by atoms with van der Waals surface area (Å²) < 4.78 is 49.2. The van der Waals surface area contributed by atoms with Crippen LogP contribution in [0, 0.1) is 17.8 Å². The van der Waals surface area contributed by atoms with Gasteiger partial charge in [0.15, 0.2) is 0 Å². The lowest BCUT2D eigenvalue weighted by molar-refractivity contribution is -0.137. The van der Waals surface area contributed by atoms with Crippen molar-refractivity contribution < 1.29 is 17.9 Å². The summed E-state index contributed by atoms with van der Waals surface area (Å²) in [5.74, 6) is 2.09. The number of aryl methyl sites for hydroxylation is 1. The van der Waals surface area contributed by atoms with Crippen molar-refractivity contribution in [2.24, 2.45) is 24.8 Å². The van der Waals surface area contributed by atoms with Crippen LogP contribution in [0.25, 0.3) is 22.2 Å². The van der Waals surface area contributed by atoms with Crippen LogP contribution in [0.1, 0.15) is 31.2 Å². The van der Waals surface area contributed by atoms with Crippen molar-refractivity contribution in [3.8, 4) is 11.3 Å². The van der Waals surface area contributed by atoms with Gasteiger partial charge in [0.25, 0.3) is 0 Å². The molecule has 3 aromatic rings. The highest BCUT2D eigenvalue weighted by Gasteiger charge is 2.42. The second kappa shape index (κ2) is 9.30. The Morgan fingerprint density at radius 2 is 1.81 bits per heavy atom. The smallest absolute Gasteiger partial charge is 0.381 e. The van der Waals surface area contributed by atoms with Crippen LogP contribution in [0.3, 0.4) is 0 Å². The summed E-state index contributed by atoms with van der Waals surface area (Å²) in [6, 6.07) is 6.24. The number of likely N-dealkylation sites (tertiary alicyclic amines) is 1. The number of anilines is 1. The van der Waals surface area contributed by atoms with Crippen LogP contribution in [0.2, 0.25) is 0 Å². The fourth-order valence-electron chi connectivity index (χ4n) is 6.36. The third-order valence-electron chi connectivity index (χ3n) is 8.03. The Morgan fingerprint density at radius 1 is 1.06 bits per heavy atom. The SMILES string of the molecule is Cn1cc2cc(-c3nnc(NC4C[C@@H]5CN(CC6CCOCC6)C[C@H]5C4)cc3C(F)(F)F)ccc2n1. The van der Waals surface area contributed by atoms with E-state index in [2.05, 4.69) is 25.5 Å². The zero-order chi connectivity index (χ0) is 24.9. The van der Waals surface area contributed by atoms with Crippen molar-refractivity contribution in [3.63, 3.8) is 0 Å². The number of halogens is 3. The standard InChI is InChI=1S/C26H31F3N6O/c1-34-13-20-8-17(2-3-23(20)33-34)25-22(26(27,28)29)11-24(31-32-25)30-21-9-18-14-35(15-19(18)10-21)12-16-4-6-36-7-5-16/h2-3,8,11,13,16,18-19,21H,4-7,9-10,12,14-15H2,1H3,(H,30,31)/t18-,19-/m1/s1. The van der Waals surface area contributed by atoms with Crippen LogP contribution >= 0.6 is 0 Å². The van der Waals surface area contributed by atoms with Crippen molar-refractivity contribution in [1.82, 2.24) is 24.9 Å². The van der Waals surface area contributed by atoms with Gasteiger partial charge in [0, 0.05) is 63.1 Å². The molecule has 1 saturated carbocycles. The molecule has 4 heterocycles. The number of fused-ring (bicyclic) bond motifs is 2. The molecule has 1 N–H and O–H groups in total. The minimum atomic E-state index is -4.54. The van der Waals surface area contributed by atoms with E-state index in [0.717, 1.165) is 81.4 Å². The first-order valence-corrected chi connectivity index (χ1v) is 12.8. The normalized spacial score (nSPS) is 24.0. The predicted molar refractivity (Wildman–Crippen MR) is 130 cm³/mol. The summed E-state index contributed by atoms with van der Waals surface area (Å²) in [4.78, 5) is 2.58.